The number of aromatic nitrogens is 1. The molecule has 1 aromatic rings. The lowest BCUT2D eigenvalue weighted by molar-refractivity contribution is 0.295. The van der Waals surface area contributed by atoms with Gasteiger partial charge in [-0.2, -0.15) is 0 Å². The number of aliphatic hydroxyl groups excluding tert-OH is 1. The second-order valence-electron chi connectivity index (χ2n) is 4.97. The summed E-state index contributed by atoms with van der Waals surface area (Å²) in [5.41, 5.74) is 9.16. The van der Waals surface area contributed by atoms with Gasteiger partial charge in [0.25, 0.3) is 0 Å². The predicted molar refractivity (Wildman–Crippen MR) is 80.4 cm³/mol. The molecule has 0 saturated carbocycles. The van der Waals surface area contributed by atoms with Crippen LogP contribution in [0.5, 0.6) is 0 Å². The van der Waals surface area contributed by atoms with Gasteiger partial charge in [-0.3, -0.25) is 0 Å². The van der Waals surface area contributed by atoms with Crippen LogP contribution in [0.4, 0.5) is 5.82 Å². The molecule has 0 spiro atoms. The molecule has 0 aliphatic heterocycles. The van der Waals surface area contributed by atoms with E-state index in [4.69, 9.17) is 5.73 Å². The first-order chi connectivity index (χ1) is 9.08. The normalized spacial score (nSPS) is 11.1. The number of hydrogen-bond acceptors (Lipinski definition) is 4. The van der Waals surface area contributed by atoms with Gasteiger partial charge >= 0.3 is 0 Å². The molecule has 0 amide bonds. The minimum atomic E-state index is 0.134. The van der Waals surface area contributed by atoms with Crippen LogP contribution in [0.2, 0.25) is 0 Å². The van der Waals surface area contributed by atoms with Crippen LogP contribution < -0.4 is 10.6 Å². The highest BCUT2D eigenvalue weighted by Crippen LogP contribution is 2.25. The van der Waals surface area contributed by atoms with Crippen molar-refractivity contribution in [1.82, 2.24) is 4.98 Å². The van der Waals surface area contributed by atoms with Crippen LogP contribution in [0.3, 0.4) is 0 Å². The van der Waals surface area contributed by atoms with Gasteiger partial charge in [0.1, 0.15) is 5.82 Å². The molecule has 0 atom stereocenters. The topological polar surface area (TPSA) is 62.4 Å². The third-order valence-electron chi connectivity index (χ3n) is 3.65. The van der Waals surface area contributed by atoms with Crippen LogP contribution >= 0.6 is 0 Å². The fourth-order valence-corrected chi connectivity index (χ4v) is 2.63. The summed E-state index contributed by atoms with van der Waals surface area (Å²) in [6.45, 7) is 9.64. The summed E-state index contributed by atoms with van der Waals surface area (Å²) in [4.78, 5) is 6.89. The van der Waals surface area contributed by atoms with Crippen molar-refractivity contribution in [1.29, 1.82) is 0 Å². The van der Waals surface area contributed by atoms with Gasteiger partial charge in [-0.05, 0) is 38.3 Å². The van der Waals surface area contributed by atoms with Gasteiger partial charge in [-0.1, -0.05) is 13.8 Å². The second-order valence-corrected chi connectivity index (χ2v) is 4.97. The minimum Gasteiger partial charge on any atom is -0.395 e. The molecule has 0 unspecified atom stereocenters. The van der Waals surface area contributed by atoms with Crippen molar-refractivity contribution < 1.29 is 5.11 Å². The van der Waals surface area contributed by atoms with Crippen molar-refractivity contribution in [3.05, 3.63) is 22.9 Å². The number of nitrogens with zero attached hydrogens (tertiary/aromatic N) is 2. The maximum atomic E-state index is 9.34. The Labute approximate surface area is 116 Å². The van der Waals surface area contributed by atoms with E-state index in [9.17, 15) is 5.11 Å². The molecule has 4 heteroatoms. The molecule has 0 bridgehead atoms. The van der Waals surface area contributed by atoms with E-state index in [0.717, 1.165) is 29.9 Å². The van der Waals surface area contributed by atoms with E-state index in [1.807, 2.05) is 6.92 Å². The zero-order valence-corrected chi connectivity index (χ0v) is 12.6. The number of hydrogen-bond donors (Lipinski definition) is 2. The van der Waals surface area contributed by atoms with Crippen LogP contribution in [0.15, 0.2) is 6.07 Å². The van der Waals surface area contributed by atoms with E-state index in [2.05, 4.69) is 36.7 Å². The molecule has 0 radical (unpaired) electrons. The monoisotopic (exact) mass is 265 g/mol. The van der Waals surface area contributed by atoms with Crippen molar-refractivity contribution >= 4 is 5.82 Å². The zero-order chi connectivity index (χ0) is 14.4. The summed E-state index contributed by atoms with van der Waals surface area (Å²) in [6, 6.07) is 2.46. The number of rotatable bonds is 7. The first-order valence-corrected chi connectivity index (χ1v) is 7.13. The predicted octanol–water partition coefficient (Wildman–Crippen LogP) is 2.14. The summed E-state index contributed by atoms with van der Waals surface area (Å²) in [5.74, 6) is 0.947. The average Bonchev–Trinajstić information content (AvgIpc) is 2.38. The number of pyridine rings is 1. The van der Waals surface area contributed by atoms with Crippen LogP contribution in [-0.2, 0) is 6.54 Å². The van der Waals surface area contributed by atoms with Gasteiger partial charge in [-0.15, -0.1) is 0 Å². The minimum absolute atomic E-state index is 0.134. The highest BCUT2D eigenvalue weighted by atomic mass is 16.3. The molecular formula is C15H27N3O. The number of aryl methyl sites for hydroxylation is 2. The molecule has 108 valence electrons. The average molecular weight is 265 g/mol. The number of aliphatic hydroxyl groups is 1. The highest BCUT2D eigenvalue weighted by Gasteiger charge is 2.20. The Kier molecular flexibility index (Phi) is 6.25. The Morgan fingerprint density at radius 1 is 1.32 bits per heavy atom. The first kappa shape index (κ1) is 15.9. The Bertz CT molecular complexity index is 403. The molecule has 0 saturated heterocycles. The fraction of sp³-hybridized carbons (Fsp3) is 0.667. The van der Waals surface area contributed by atoms with Crippen molar-refractivity contribution in [3.63, 3.8) is 0 Å². The standard InChI is InChI=1S/C15H27N3O/c1-5-13(6-2)18(7-8-19)15-14(10-16)11(3)9-12(4)17-15/h9,13,19H,5-8,10,16H2,1-4H3. The Hall–Kier alpha value is -1.13. The van der Waals surface area contributed by atoms with Crippen LogP contribution in [0.25, 0.3) is 0 Å². The number of nitrogens with two attached hydrogens (primary N) is 1. The lowest BCUT2D eigenvalue weighted by atomic mass is 10.1. The SMILES string of the molecule is CCC(CC)N(CCO)c1nc(C)cc(C)c1CN. The maximum absolute atomic E-state index is 9.34. The lowest BCUT2D eigenvalue weighted by Crippen LogP contribution is -2.38. The second kappa shape index (κ2) is 7.46. The quantitative estimate of drug-likeness (QED) is 0.793. The van der Waals surface area contributed by atoms with Crippen molar-refractivity contribution in [3.8, 4) is 0 Å². The molecule has 1 rings (SSSR count). The molecule has 4 nitrogen and oxygen atoms in total. The molecule has 0 aliphatic carbocycles. The van der Waals surface area contributed by atoms with Crippen LogP contribution in [0, 0.1) is 13.8 Å². The summed E-state index contributed by atoms with van der Waals surface area (Å²) in [7, 11) is 0. The molecule has 19 heavy (non-hydrogen) atoms. The van der Waals surface area contributed by atoms with E-state index in [-0.39, 0.29) is 6.61 Å². The molecule has 1 heterocycles. The Morgan fingerprint density at radius 2 is 1.95 bits per heavy atom. The largest absolute Gasteiger partial charge is 0.395 e. The summed E-state index contributed by atoms with van der Waals surface area (Å²) >= 11 is 0. The van der Waals surface area contributed by atoms with E-state index in [0.29, 0.717) is 19.1 Å². The molecule has 3 N–H and O–H groups in total. The summed E-state index contributed by atoms with van der Waals surface area (Å²) < 4.78 is 0. The van der Waals surface area contributed by atoms with Gasteiger partial charge in [0, 0.05) is 30.4 Å². The van der Waals surface area contributed by atoms with Gasteiger partial charge in [0.15, 0.2) is 0 Å². The Balaban J connectivity index is 3.28. The molecule has 0 aliphatic rings. The zero-order valence-electron chi connectivity index (χ0n) is 12.6. The first-order valence-electron chi connectivity index (χ1n) is 7.13. The van der Waals surface area contributed by atoms with Gasteiger partial charge in [0.2, 0.25) is 0 Å². The lowest BCUT2D eigenvalue weighted by Gasteiger charge is -2.33. The highest BCUT2D eigenvalue weighted by molar-refractivity contribution is 5.52. The molecular weight excluding hydrogens is 238 g/mol. The van der Waals surface area contributed by atoms with E-state index < -0.39 is 0 Å². The van der Waals surface area contributed by atoms with Crippen molar-refractivity contribution in [2.75, 3.05) is 18.1 Å². The van der Waals surface area contributed by atoms with Crippen LogP contribution in [0.1, 0.15) is 43.5 Å². The van der Waals surface area contributed by atoms with E-state index >= 15 is 0 Å². The molecule has 0 fully saturated rings. The van der Waals surface area contributed by atoms with Gasteiger partial charge < -0.3 is 15.7 Å². The van der Waals surface area contributed by atoms with Crippen molar-refractivity contribution in [2.45, 2.75) is 53.1 Å². The van der Waals surface area contributed by atoms with Crippen molar-refractivity contribution in [2.24, 2.45) is 5.73 Å². The maximum Gasteiger partial charge on any atom is 0.133 e. The number of anilines is 1. The fourth-order valence-electron chi connectivity index (χ4n) is 2.63. The molecule has 0 aromatic carbocycles. The Morgan fingerprint density at radius 3 is 2.42 bits per heavy atom. The smallest absolute Gasteiger partial charge is 0.133 e. The van der Waals surface area contributed by atoms with Gasteiger partial charge in [-0.25, -0.2) is 4.98 Å². The molecule has 1 aromatic heterocycles. The summed E-state index contributed by atoms with van der Waals surface area (Å²) in [6.07, 6.45) is 2.07. The van der Waals surface area contributed by atoms with E-state index in [1.54, 1.807) is 0 Å². The van der Waals surface area contributed by atoms with Crippen LogP contribution in [-0.4, -0.2) is 29.3 Å². The third-order valence-corrected chi connectivity index (χ3v) is 3.65. The summed E-state index contributed by atoms with van der Waals surface area (Å²) in [5, 5.41) is 9.34. The van der Waals surface area contributed by atoms with Gasteiger partial charge in [0.05, 0.1) is 6.61 Å². The van der Waals surface area contributed by atoms with E-state index in [1.165, 1.54) is 5.56 Å². The third kappa shape index (κ3) is 3.67.